The molecule has 7 nitrogen and oxygen atoms in total. The second-order valence-electron chi connectivity index (χ2n) is 7.89. The summed E-state index contributed by atoms with van der Waals surface area (Å²) in [5.74, 6) is 0.452. The predicted molar refractivity (Wildman–Crippen MR) is 125 cm³/mol. The lowest BCUT2D eigenvalue weighted by atomic mass is 10.1. The number of fused-ring (bicyclic) bond motifs is 1. The van der Waals surface area contributed by atoms with Crippen molar-refractivity contribution in [1.29, 1.82) is 0 Å². The third-order valence-electron chi connectivity index (χ3n) is 5.53. The molecule has 5 rings (SSSR count). The molecule has 0 fully saturated rings. The van der Waals surface area contributed by atoms with Crippen molar-refractivity contribution in [3.8, 4) is 16.8 Å². The number of hydrogen-bond donors (Lipinski definition) is 2. The molecule has 0 aliphatic rings. The van der Waals surface area contributed by atoms with Crippen LogP contribution in [-0.2, 0) is 17.4 Å². The van der Waals surface area contributed by atoms with Gasteiger partial charge in [-0.15, -0.1) is 0 Å². The summed E-state index contributed by atoms with van der Waals surface area (Å²) in [6.45, 7) is 0. The van der Waals surface area contributed by atoms with Crippen LogP contribution in [0.15, 0.2) is 79.5 Å². The Labute approximate surface area is 197 Å². The van der Waals surface area contributed by atoms with Gasteiger partial charge in [-0.3, -0.25) is 4.79 Å². The summed E-state index contributed by atoms with van der Waals surface area (Å²) >= 11 is 0. The Kier molecular flexibility index (Phi) is 5.77. The number of alkyl halides is 3. The monoisotopic (exact) mass is 476 g/mol. The number of nitrogens with zero attached hydrogens (tertiary/aromatic N) is 4. The van der Waals surface area contributed by atoms with E-state index in [2.05, 4.69) is 25.4 Å². The smallest absolute Gasteiger partial charge is 0.359 e. The number of nitrogens with one attached hydrogen (secondary N) is 2. The van der Waals surface area contributed by atoms with Gasteiger partial charge in [0.15, 0.2) is 0 Å². The molecule has 0 spiro atoms. The van der Waals surface area contributed by atoms with Crippen molar-refractivity contribution in [1.82, 2.24) is 24.7 Å². The molecule has 176 valence electrons. The van der Waals surface area contributed by atoms with Gasteiger partial charge in [-0.1, -0.05) is 6.07 Å². The highest BCUT2D eigenvalue weighted by Gasteiger charge is 2.30. The fraction of sp³-hybridized carbons (Fsp3) is 0.120. The SMILES string of the molecule is O=C(CCc1ncccn1)Nc1c[nH]c2ccc(-c3cnn(-c4ccc(C(F)(F)F)cc4)c3)cc12. The minimum absolute atomic E-state index is 0.154. The van der Waals surface area contributed by atoms with Gasteiger partial charge in [-0.05, 0) is 48.0 Å². The predicted octanol–water partition coefficient (Wildman–Crippen LogP) is 5.40. The summed E-state index contributed by atoms with van der Waals surface area (Å²) in [5, 5.41) is 8.04. The highest BCUT2D eigenvalue weighted by atomic mass is 19.4. The Morgan fingerprint density at radius 1 is 1.03 bits per heavy atom. The molecular weight excluding hydrogens is 457 g/mol. The van der Waals surface area contributed by atoms with E-state index in [9.17, 15) is 18.0 Å². The second kappa shape index (κ2) is 9.05. The van der Waals surface area contributed by atoms with Gasteiger partial charge in [0.2, 0.25) is 5.91 Å². The highest BCUT2D eigenvalue weighted by Crippen LogP contribution is 2.31. The number of anilines is 1. The first kappa shape index (κ1) is 22.3. The number of amides is 1. The van der Waals surface area contributed by atoms with Crippen LogP contribution in [0, 0.1) is 0 Å². The van der Waals surface area contributed by atoms with Crippen molar-refractivity contribution in [3.63, 3.8) is 0 Å². The Balaban J connectivity index is 1.33. The number of carbonyl (C=O) groups excluding carboxylic acids is 1. The van der Waals surface area contributed by atoms with Gasteiger partial charge in [0.25, 0.3) is 0 Å². The van der Waals surface area contributed by atoms with Gasteiger partial charge < -0.3 is 10.3 Å². The molecule has 0 saturated carbocycles. The van der Waals surface area contributed by atoms with Gasteiger partial charge >= 0.3 is 6.18 Å². The average molecular weight is 476 g/mol. The number of aromatic nitrogens is 5. The Hall–Kier alpha value is -4.47. The lowest BCUT2D eigenvalue weighted by Gasteiger charge is -2.07. The van der Waals surface area contributed by atoms with Crippen molar-refractivity contribution < 1.29 is 18.0 Å². The first-order valence-corrected chi connectivity index (χ1v) is 10.8. The second-order valence-corrected chi connectivity index (χ2v) is 7.89. The molecule has 3 heterocycles. The minimum Gasteiger partial charge on any atom is -0.359 e. The Morgan fingerprint density at radius 3 is 2.54 bits per heavy atom. The number of aryl methyl sites for hydroxylation is 1. The summed E-state index contributed by atoms with van der Waals surface area (Å²) in [4.78, 5) is 23.9. The van der Waals surface area contributed by atoms with Crippen LogP contribution >= 0.6 is 0 Å². The van der Waals surface area contributed by atoms with Gasteiger partial charge in [0, 0.05) is 54.1 Å². The van der Waals surface area contributed by atoms with E-state index in [1.54, 1.807) is 37.1 Å². The Bertz CT molecular complexity index is 1470. The normalized spacial score (nSPS) is 11.6. The zero-order chi connectivity index (χ0) is 24.4. The van der Waals surface area contributed by atoms with E-state index in [1.807, 2.05) is 18.2 Å². The molecule has 2 N–H and O–H groups in total. The van der Waals surface area contributed by atoms with Gasteiger partial charge in [-0.2, -0.15) is 18.3 Å². The summed E-state index contributed by atoms with van der Waals surface area (Å²) in [5.41, 5.74) is 2.94. The lowest BCUT2D eigenvalue weighted by molar-refractivity contribution is -0.137. The van der Waals surface area contributed by atoms with Crippen molar-refractivity contribution in [2.45, 2.75) is 19.0 Å². The van der Waals surface area contributed by atoms with Gasteiger partial charge in [0.1, 0.15) is 5.82 Å². The van der Waals surface area contributed by atoms with E-state index in [0.29, 0.717) is 23.6 Å². The van der Waals surface area contributed by atoms with Crippen LogP contribution in [-0.4, -0.2) is 30.6 Å². The van der Waals surface area contributed by atoms with Crippen LogP contribution in [0.25, 0.3) is 27.7 Å². The number of carbonyl (C=O) groups is 1. The van der Waals surface area contributed by atoms with Crippen LogP contribution in [0.3, 0.4) is 0 Å². The number of aromatic amines is 1. The van der Waals surface area contributed by atoms with Crippen molar-refractivity contribution in [2.75, 3.05) is 5.32 Å². The largest absolute Gasteiger partial charge is 0.416 e. The summed E-state index contributed by atoms with van der Waals surface area (Å²) in [7, 11) is 0. The maximum Gasteiger partial charge on any atom is 0.416 e. The molecule has 0 radical (unpaired) electrons. The van der Waals surface area contributed by atoms with E-state index >= 15 is 0 Å². The van der Waals surface area contributed by atoms with E-state index in [1.165, 1.54) is 16.8 Å². The third kappa shape index (κ3) is 4.91. The van der Waals surface area contributed by atoms with E-state index in [4.69, 9.17) is 0 Å². The number of hydrogen-bond acceptors (Lipinski definition) is 4. The van der Waals surface area contributed by atoms with Crippen LogP contribution in [0.4, 0.5) is 18.9 Å². The first-order chi connectivity index (χ1) is 16.9. The van der Waals surface area contributed by atoms with Crippen LogP contribution < -0.4 is 5.32 Å². The van der Waals surface area contributed by atoms with Crippen molar-refractivity contribution in [3.05, 3.63) is 90.9 Å². The molecule has 0 saturated heterocycles. The van der Waals surface area contributed by atoms with E-state index < -0.39 is 11.7 Å². The number of halogens is 3. The molecule has 35 heavy (non-hydrogen) atoms. The average Bonchev–Trinajstić information content (AvgIpc) is 3.51. The van der Waals surface area contributed by atoms with Gasteiger partial charge in [0.05, 0.1) is 23.1 Å². The molecule has 3 aromatic heterocycles. The summed E-state index contributed by atoms with van der Waals surface area (Å²) < 4.78 is 40.0. The molecule has 5 aromatic rings. The summed E-state index contributed by atoms with van der Waals surface area (Å²) in [6, 6.07) is 12.3. The highest BCUT2D eigenvalue weighted by molar-refractivity contribution is 6.02. The quantitative estimate of drug-likeness (QED) is 0.343. The topological polar surface area (TPSA) is 88.5 Å². The lowest BCUT2D eigenvalue weighted by Crippen LogP contribution is -2.12. The molecule has 0 bridgehead atoms. The third-order valence-corrected chi connectivity index (χ3v) is 5.53. The minimum atomic E-state index is -4.39. The number of rotatable bonds is 6. The van der Waals surface area contributed by atoms with Gasteiger partial charge in [-0.25, -0.2) is 14.6 Å². The van der Waals surface area contributed by atoms with Crippen LogP contribution in [0.2, 0.25) is 0 Å². The molecule has 0 aliphatic heterocycles. The Morgan fingerprint density at radius 2 is 1.80 bits per heavy atom. The molecule has 0 unspecified atom stereocenters. The van der Waals surface area contributed by atoms with Crippen molar-refractivity contribution in [2.24, 2.45) is 0 Å². The first-order valence-electron chi connectivity index (χ1n) is 10.8. The summed E-state index contributed by atoms with van der Waals surface area (Å²) in [6.07, 6.45) is 4.69. The molecule has 2 aromatic carbocycles. The van der Waals surface area contributed by atoms with E-state index in [-0.39, 0.29) is 12.3 Å². The maximum absolute atomic E-state index is 12.8. The molecular formula is C25H19F3N6O. The molecule has 0 atom stereocenters. The molecule has 1 amide bonds. The van der Waals surface area contributed by atoms with Crippen LogP contribution in [0.1, 0.15) is 17.8 Å². The number of H-pyrrole nitrogens is 1. The van der Waals surface area contributed by atoms with E-state index in [0.717, 1.165) is 34.2 Å². The van der Waals surface area contributed by atoms with Crippen molar-refractivity contribution >= 4 is 22.5 Å². The molecule has 10 heteroatoms. The fourth-order valence-electron chi connectivity index (χ4n) is 3.72. The standard InChI is InChI=1S/C25H19F3N6O/c26-25(27,28)18-3-5-19(6-4-18)34-15-17(13-32-34)16-2-7-21-20(12-16)22(14-31-21)33-24(35)9-8-23-29-10-1-11-30-23/h1-7,10-15,31H,8-9H2,(H,33,35). The maximum atomic E-state index is 12.8. The zero-order valence-corrected chi connectivity index (χ0v) is 18.3. The number of benzene rings is 2. The zero-order valence-electron chi connectivity index (χ0n) is 18.3. The molecule has 0 aliphatic carbocycles. The van der Waals surface area contributed by atoms with Crippen LogP contribution in [0.5, 0.6) is 0 Å². The fourth-order valence-corrected chi connectivity index (χ4v) is 3.72.